The van der Waals surface area contributed by atoms with E-state index in [4.69, 9.17) is 9.47 Å². The molecule has 0 aromatic rings. The Morgan fingerprint density at radius 2 is 2.33 bits per heavy atom. The summed E-state index contributed by atoms with van der Waals surface area (Å²) in [6.45, 7) is 4.67. The molecule has 1 aliphatic heterocycles. The smallest absolute Gasteiger partial charge is 0.177 e. The van der Waals surface area contributed by atoms with E-state index in [0.29, 0.717) is 0 Å². The van der Waals surface area contributed by atoms with Crippen molar-refractivity contribution in [1.82, 2.24) is 0 Å². The van der Waals surface area contributed by atoms with Crippen molar-refractivity contribution in [3.05, 3.63) is 12.2 Å². The second-order valence-corrected chi connectivity index (χ2v) is 2.17. The summed E-state index contributed by atoms with van der Waals surface area (Å²) in [4.78, 5) is 0. The van der Waals surface area contributed by atoms with Crippen LogP contribution < -0.4 is 0 Å². The van der Waals surface area contributed by atoms with Gasteiger partial charge >= 0.3 is 0 Å². The molecule has 2 nitrogen and oxygen atoms in total. The Morgan fingerprint density at radius 1 is 1.56 bits per heavy atom. The molecule has 0 radical (unpaired) electrons. The van der Waals surface area contributed by atoms with Gasteiger partial charge in [-0.1, -0.05) is 6.08 Å². The number of ether oxygens (including phenoxy) is 2. The Bertz CT molecular complexity index is 109. The molecule has 0 N–H and O–H groups in total. The second-order valence-electron chi connectivity index (χ2n) is 2.17. The van der Waals surface area contributed by atoms with Crippen LogP contribution in [0.25, 0.3) is 0 Å². The Kier molecular flexibility index (Phi) is 2.25. The Morgan fingerprint density at radius 3 is 2.78 bits per heavy atom. The lowest BCUT2D eigenvalue weighted by atomic mass is 10.5. The zero-order valence-electron chi connectivity index (χ0n) is 5.83. The van der Waals surface area contributed by atoms with Gasteiger partial charge in [0, 0.05) is 0 Å². The average molecular weight is 128 g/mol. The lowest BCUT2D eigenvalue weighted by Crippen LogP contribution is -2.05. The van der Waals surface area contributed by atoms with Crippen LogP contribution in [0.5, 0.6) is 0 Å². The molecular formula is C7H12O2. The van der Waals surface area contributed by atoms with E-state index in [1.54, 1.807) is 0 Å². The molecule has 0 aromatic heterocycles. The van der Waals surface area contributed by atoms with Gasteiger partial charge in [0.1, 0.15) is 0 Å². The van der Waals surface area contributed by atoms with Gasteiger partial charge in [-0.3, -0.25) is 0 Å². The van der Waals surface area contributed by atoms with Crippen molar-refractivity contribution < 1.29 is 9.47 Å². The van der Waals surface area contributed by atoms with E-state index in [-0.39, 0.29) is 12.4 Å². The Hall–Kier alpha value is -0.340. The maximum Gasteiger partial charge on any atom is 0.177 e. The summed E-state index contributed by atoms with van der Waals surface area (Å²) in [6.07, 6.45) is 4.00. The van der Waals surface area contributed by atoms with Crippen molar-refractivity contribution in [2.45, 2.75) is 26.2 Å². The fourth-order valence-electron chi connectivity index (χ4n) is 0.796. The zero-order valence-corrected chi connectivity index (χ0v) is 5.83. The topological polar surface area (TPSA) is 18.5 Å². The SMILES string of the molecule is C/C=C\[C@@H]1OC[C@@H](C)O1. The number of hydrogen-bond acceptors (Lipinski definition) is 2. The third kappa shape index (κ3) is 1.80. The first-order valence-electron chi connectivity index (χ1n) is 3.23. The highest BCUT2D eigenvalue weighted by Gasteiger charge is 2.18. The summed E-state index contributed by atoms with van der Waals surface area (Å²) < 4.78 is 10.5. The largest absolute Gasteiger partial charge is 0.346 e. The third-order valence-electron chi connectivity index (χ3n) is 1.21. The molecule has 1 aliphatic rings. The van der Waals surface area contributed by atoms with Crippen molar-refractivity contribution in [3.63, 3.8) is 0 Å². The molecule has 0 bridgehead atoms. The van der Waals surface area contributed by atoms with Gasteiger partial charge in [-0.25, -0.2) is 0 Å². The van der Waals surface area contributed by atoms with Crippen molar-refractivity contribution in [1.29, 1.82) is 0 Å². The van der Waals surface area contributed by atoms with Gasteiger partial charge < -0.3 is 9.47 Å². The van der Waals surface area contributed by atoms with E-state index >= 15 is 0 Å². The van der Waals surface area contributed by atoms with Crippen LogP contribution in [0, 0.1) is 0 Å². The maximum atomic E-state index is 5.29. The van der Waals surface area contributed by atoms with Gasteiger partial charge in [0.2, 0.25) is 0 Å². The summed E-state index contributed by atoms with van der Waals surface area (Å²) in [5, 5.41) is 0. The molecule has 1 saturated heterocycles. The molecule has 0 spiro atoms. The van der Waals surface area contributed by atoms with Gasteiger partial charge in [-0.05, 0) is 19.9 Å². The first-order chi connectivity index (χ1) is 4.33. The van der Waals surface area contributed by atoms with Crippen molar-refractivity contribution in [2.75, 3.05) is 6.61 Å². The van der Waals surface area contributed by atoms with Gasteiger partial charge in [-0.2, -0.15) is 0 Å². The maximum absolute atomic E-state index is 5.29. The molecule has 0 unspecified atom stereocenters. The number of hydrogen-bond donors (Lipinski definition) is 0. The molecule has 1 fully saturated rings. The molecule has 0 amide bonds. The van der Waals surface area contributed by atoms with E-state index < -0.39 is 0 Å². The average Bonchev–Trinajstić information content (AvgIpc) is 2.17. The highest BCUT2D eigenvalue weighted by atomic mass is 16.7. The van der Waals surface area contributed by atoms with Crippen molar-refractivity contribution in [3.8, 4) is 0 Å². The van der Waals surface area contributed by atoms with Crippen LogP contribution >= 0.6 is 0 Å². The van der Waals surface area contributed by atoms with Crippen LogP contribution in [0.2, 0.25) is 0 Å². The van der Waals surface area contributed by atoms with E-state index in [2.05, 4.69) is 0 Å². The standard InChI is InChI=1S/C7H12O2/c1-3-4-7-8-5-6(2)9-7/h3-4,6-7H,5H2,1-2H3/b4-3-/t6-,7-/m1/s1. The van der Waals surface area contributed by atoms with E-state index in [1.807, 2.05) is 26.0 Å². The molecule has 2 atom stereocenters. The predicted octanol–water partition coefficient (Wildman–Crippen LogP) is 1.32. The minimum absolute atomic E-state index is 0.0926. The summed E-state index contributed by atoms with van der Waals surface area (Å²) in [5.41, 5.74) is 0. The van der Waals surface area contributed by atoms with E-state index in [0.717, 1.165) is 6.61 Å². The third-order valence-corrected chi connectivity index (χ3v) is 1.21. The van der Waals surface area contributed by atoms with E-state index in [1.165, 1.54) is 0 Å². The van der Waals surface area contributed by atoms with Crippen molar-refractivity contribution in [2.24, 2.45) is 0 Å². The van der Waals surface area contributed by atoms with Gasteiger partial charge in [0.15, 0.2) is 6.29 Å². The zero-order chi connectivity index (χ0) is 6.69. The fraction of sp³-hybridized carbons (Fsp3) is 0.714. The van der Waals surface area contributed by atoms with Crippen LogP contribution in [0.1, 0.15) is 13.8 Å². The normalized spacial score (nSPS) is 36.2. The summed E-state index contributed by atoms with van der Waals surface area (Å²) in [5.74, 6) is 0. The molecule has 9 heavy (non-hydrogen) atoms. The van der Waals surface area contributed by atoms with Crippen LogP contribution in [-0.4, -0.2) is 19.0 Å². The van der Waals surface area contributed by atoms with Crippen LogP contribution in [0.3, 0.4) is 0 Å². The van der Waals surface area contributed by atoms with Crippen molar-refractivity contribution >= 4 is 0 Å². The Labute approximate surface area is 55.5 Å². The number of rotatable bonds is 1. The fourth-order valence-corrected chi connectivity index (χ4v) is 0.796. The molecule has 0 aromatic carbocycles. The number of allylic oxidation sites excluding steroid dienone is 1. The molecule has 1 heterocycles. The van der Waals surface area contributed by atoms with Gasteiger partial charge in [0.25, 0.3) is 0 Å². The highest BCUT2D eigenvalue weighted by Crippen LogP contribution is 2.10. The van der Waals surface area contributed by atoms with Crippen LogP contribution in [0.4, 0.5) is 0 Å². The first kappa shape index (κ1) is 6.78. The van der Waals surface area contributed by atoms with Gasteiger partial charge in [-0.15, -0.1) is 0 Å². The quantitative estimate of drug-likeness (QED) is 0.496. The predicted molar refractivity (Wildman–Crippen MR) is 35.1 cm³/mol. The second kappa shape index (κ2) is 2.99. The molecule has 0 saturated carbocycles. The monoisotopic (exact) mass is 128 g/mol. The lowest BCUT2D eigenvalue weighted by molar-refractivity contribution is -0.0161. The molecule has 2 heteroatoms. The molecule has 1 rings (SSSR count). The summed E-state index contributed by atoms with van der Waals surface area (Å²) >= 11 is 0. The minimum atomic E-state index is -0.0926. The molecule has 0 aliphatic carbocycles. The molecular weight excluding hydrogens is 116 g/mol. The summed E-state index contributed by atoms with van der Waals surface area (Å²) in [6, 6.07) is 0. The van der Waals surface area contributed by atoms with Gasteiger partial charge in [0.05, 0.1) is 12.7 Å². The minimum Gasteiger partial charge on any atom is -0.346 e. The highest BCUT2D eigenvalue weighted by molar-refractivity contribution is 4.83. The van der Waals surface area contributed by atoms with E-state index in [9.17, 15) is 0 Å². The Balaban J connectivity index is 2.30. The molecule has 52 valence electrons. The first-order valence-corrected chi connectivity index (χ1v) is 3.23. The van der Waals surface area contributed by atoms with Crippen LogP contribution in [0.15, 0.2) is 12.2 Å². The van der Waals surface area contributed by atoms with Crippen LogP contribution in [-0.2, 0) is 9.47 Å². The lowest BCUT2D eigenvalue weighted by Gasteiger charge is -2.01. The summed E-state index contributed by atoms with van der Waals surface area (Å²) in [7, 11) is 0.